The third-order valence-corrected chi connectivity index (χ3v) is 1.26. The van der Waals surface area contributed by atoms with Crippen LogP contribution in [0.15, 0.2) is 11.6 Å². The summed E-state index contributed by atoms with van der Waals surface area (Å²) >= 11 is 0. The fraction of sp³-hybridized carbons (Fsp3) is 0.727. The summed E-state index contributed by atoms with van der Waals surface area (Å²) in [5.74, 6) is 0. The summed E-state index contributed by atoms with van der Waals surface area (Å²) in [5, 5.41) is 7.28. The Morgan fingerprint density at radius 2 is 1.50 bits per heavy atom. The van der Waals surface area contributed by atoms with E-state index in [-0.39, 0.29) is 0 Å². The highest BCUT2D eigenvalue weighted by atomic mass is 14.4. The van der Waals surface area contributed by atoms with Gasteiger partial charge in [-0.15, -0.1) is 0 Å². The molecular weight excluding hydrogens is 146 g/mol. The standard InChI is InChI=1S/C7H13N.2C2H6/c1-4-6(3)7(8)5-2;2*1-2/h4,8H,5H2,1-3H3;2*1-2H3/b6-4-,8-7?;;. The first-order chi connectivity index (χ1) is 5.72. The minimum absolute atomic E-state index is 0.743. The second kappa shape index (κ2) is 16.8. The van der Waals surface area contributed by atoms with Crippen LogP contribution in [0.1, 0.15) is 54.9 Å². The molecule has 0 aliphatic carbocycles. The van der Waals surface area contributed by atoms with Crippen molar-refractivity contribution in [3.05, 3.63) is 11.6 Å². The average Bonchev–Trinajstić information content (AvgIpc) is 2.21. The van der Waals surface area contributed by atoms with Gasteiger partial charge in [-0.05, 0) is 25.8 Å². The summed E-state index contributed by atoms with van der Waals surface area (Å²) in [4.78, 5) is 0. The Labute approximate surface area is 78.4 Å². The van der Waals surface area contributed by atoms with Gasteiger partial charge in [0.15, 0.2) is 0 Å². The molecule has 0 fully saturated rings. The van der Waals surface area contributed by atoms with E-state index in [1.54, 1.807) is 0 Å². The van der Waals surface area contributed by atoms with Gasteiger partial charge in [0.1, 0.15) is 0 Å². The maximum absolute atomic E-state index is 7.28. The minimum Gasteiger partial charge on any atom is -0.305 e. The van der Waals surface area contributed by atoms with Gasteiger partial charge >= 0.3 is 0 Å². The second-order valence-electron chi connectivity index (χ2n) is 1.80. The van der Waals surface area contributed by atoms with Crippen molar-refractivity contribution in [2.75, 3.05) is 0 Å². The van der Waals surface area contributed by atoms with Crippen molar-refractivity contribution in [1.82, 2.24) is 0 Å². The summed E-state index contributed by atoms with van der Waals surface area (Å²) in [6.07, 6.45) is 2.81. The minimum atomic E-state index is 0.743. The number of allylic oxidation sites excluding steroid dienone is 2. The van der Waals surface area contributed by atoms with Gasteiger partial charge in [0, 0.05) is 5.71 Å². The molecule has 12 heavy (non-hydrogen) atoms. The van der Waals surface area contributed by atoms with Gasteiger partial charge in [0.25, 0.3) is 0 Å². The van der Waals surface area contributed by atoms with E-state index >= 15 is 0 Å². The van der Waals surface area contributed by atoms with E-state index in [1.807, 2.05) is 54.5 Å². The number of hydrogen-bond acceptors (Lipinski definition) is 1. The Hall–Kier alpha value is -0.590. The molecule has 0 aromatic heterocycles. The lowest BCUT2D eigenvalue weighted by Crippen LogP contribution is -1.93. The zero-order valence-electron chi connectivity index (χ0n) is 9.78. The SMILES string of the molecule is C/C=C(/C)C(=N)CC.CC.CC. The van der Waals surface area contributed by atoms with Crippen LogP contribution in [0.5, 0.6) is 0 Å². The number of hydrogen-bond donors (Lipinski definition) is 1. The molecule has 0 aromatic rings. The van der Waals surface area contributed by atoms with Crippen molar-refractivity contribution in [3.63, 3.8) is 0 Å². The van der Waals surface area contributed by atoms with E-state index in [1.165, 1.54) is 0 Å². The fourth-order valence-corrected chi connectivity index (χ4v) is 0.453. The van der Waals surface area contributed by atoms with Crippen molar-refractivity contribution in [2.45, 2.75) is 54.9 Å². The largest absolute Gasteiger partial charge is 0.305 e. The zero-order chi connectivity index (χ0) is 10.6. The molecule has 1 N–H and O–H groups in total. The van der Waals surface area contributed by atoms with Crippen molar-refractivity contribution < 1.29 is 0 Å². The van der Waals surface area contributed by atoms with Crippen LogP contribution >= 0.6 is 0 Å². The van der Waals surface area contributed by atoms with Gasteiger partial charge in [-0.2, -0.15) is 0 Å². The molecule has 0 spiro atoms. The first-order valence-electron chi connectivity index (χ1n) is 4.93. The summed E-state index contributed by atoms with van der Waals surface area (Å²) in [7, 11) is 0. The molecular formula is C11H25N. The zero-order valence-corrected chi connectivity index (χ0v) is 9.78. The predicted octanol–water partition coefficient (Wildman–Crippen LogP) is 4.43. The summed E-state index contributed by atoms with van der Waals surface area (Å²) in [5.41, 5.74) is 1.83. The van der Waals surface area contributed by atoms with E-state index in [0.717, 1.165) is 17.7 Å². The molecule has 0 saturated heterocycles. The van der Waals surface area contributed by atoms with Crippen LogP contribution in [0.25, 0.3) is 0 Å². The Kier molecular flexibility index (Phi) is 24.5. The Balaban J connectivity index is -0.000000175. The molecule has 0 aromatic carbocycles. The summed E-state index contributed by atoms with van der Waals surface area (Å²) < 4.78 is 0. The number of nitrogens with one attached hydrogen (secondary N) is 1. The first kappa shape index (κ1) is 17.5. The molecule has 0 aliphatic rings. The molecule has 0 amide bonds. The normalized spacial score (nSPS) is 8.75. The molecule has 0 radical (unpaired) electrons. The Bertz CT molecular complexity index is 112. The van der Waals surface area contributed by atoms with Crippen molar-refractivity contribution in [3.8, 4) is 0 Å². The van der Waals surface area contributed by atoms with E-state index < -0.39 is 0 Å². The van der Waals surface area contributed by atoms with Crippen LogP contribution in [-0.2, 0) is 0 Å². The molecule has 0 saturated carbocycles. The predicted molar refractivity (Wildman–Crippen MR) is 60.1 cm³/mol. The monoisotopic (exact) mass is 171 g/mol. The maximum atomic E-state index is 7.28. The molecule has 0 heterocycles. The molecule has 0 unspecified atom stereocenters. The highest BCUT2D eigenvalue weighted by Gasteiger charge is 1.90. The molecule has 1 heteroatoms. The van der Waals surface area contributed by atoms with Gasteiger partial charge < -0.3 is 5.41 Å². The Morgan fingerprint density at radius 1 is 1.17 bits per heavy atom. The van der Waals surface area contributed by atoms with E-state index in [2.05, 4.69) is 0 Å². The maximum Gasteiger partial charge on any atom is 0.0337 e. The molecule has 0 atom stereocenters. The third kappa shape index (κ3) is 12.1. The molecule has 0 bridgehead atoms. The van der Waals surface area contributed by atoms with E-state index in [9.17, 15) is 0 Å². The van der Waals surface area contributed by atoms with Crippen molar-refractivity contribution in [1.29, 1.82) is 5.41 Å². The molecule has 0 aliphatic heterocycles. The lowest BCUT2D eigenvalue weighted by Gasteiger charge is -1.95. The smallest absolute Gasteiger partial charge is 0.0337 e. The Morgan fingerprint density at radius 3 is 1.58 bits per heavy atom. The third-order valence-electron chi connectivity index (χ3n) is 1.26. The summed E-state index contributed by atoms with van der Waals surface area (Å²) in [6.45, 7) is 13.9. The van der Waals surface area contributed by atoms with Crippen LogP contribution < -0.4 is 0 Å². The van der Waals surface area contributed by atoms with Crippen LogP contribution in [-0.4, -0.2) is 5.71 Å². The second-order valence-corrected chi connectivity index (χ2v) is 1.80. The van der Waals surface area contributed by atoms with Crippen LogP contribution in [0.4, 0.5) is 0 Å². The quantitative estimate of drug-likeness (QED) is 0.594. The van der Waals surface area contributed by atoms with Crippen molar-refractivity contribution >= 4 is 5.71 Å². The lowest BCUT2D eigenvalue weighted by molar-refractivity contribution is 1.22. The first-order valence-corrected chi connectivity index (χ1v) is 4.93. The lowest BCUT2D eigenvalue weighted by atomic mass is 10.1. The molecule has 1 nitrogen and oxygen atoms in total. The van der Waals surface area contributed by atoms with Gasteiger partial charge in [0.2, 0.25) is 0 Å². The van der Waals surface area contributed by atoms with Crippen LogP contribution in [0.3, 0.4) is 0 Å². The average molecular weight is 171 g/mol. The fourth-order valence-electron chi connectivity index (χ4n) is 0.453. The van der Waals surface area contributed by atoms with Gasteiger partial charge in [-0.1, -0.05) is 40.7 Å². The van der Waals surface area contributed by atoms with E-state index in [4.69, 9.17) is 5.41 Å². The van der Waals surface area contributed by atoms with Crippen LogP contribution in [0, 0.1) is 5.41 Å². The van der Waals surface area contributed by atoms with Crippen LogP contribution in [0.2, 0.25) is 0 Å². The topological polar surface area (TPSA) is 23.9 Å². The molecule has 74 valence electrons. The van der Waals surface area contributed by atoms with E-state index in [0.29, 0.717) is 0 Å². The number of rotatable bonds is 2. The molecule has 0 rings (SSSR count). The highest BCUT2D eigenvalue weighted by molar-refractivity contribution is 5.96. The highest BCUT2D eigenvalue weighted by Crippen LogP contribution is 1.96. The van der Waals surface area contributed by atoms with Gasteiger partial charge in [-0.25, -0.2) is 0 Å². The summed E-state index contributed by atoms with van der Waals surface area (Å²) in [6, 6.07) is 0. The van der Waals surface area contributed by atoms with Gasteiger partial charge in [-0.3, -0.25) is 0 Å². The van der Waals surface area contributed by atoms with Crippen molar-refractivity contribution in [2.24, 2.45) is 0 Å². The van der Waals surface area contributed by atoms with Gasteiger partial charge in [0.05, 0.1) is 0 Å².